The Morgan fingerprint density at radius 1 is 1.23 bits per heavy atom. The van der Waals surface area contributed by atoms with E-state index >= 15 is 0 Å². The molecular formula is C10H19NO2. The summed E-state index contributed by atoms with van der Waals surface area (Å²) < 4.78 is 0. The fourth-order valence-electron chi connectivity index (χ4n) is 1.19. The molecule has 1 atom stereocenters. The topological polar surface area (TPSA) is 37.4 Å². The first-order chi connectivity index (χ1) is 5.91. The van der Waals surface area contributed by atoms with Crippen LogP contribution in [0.15, 0.2) is 0 Å². The van der Waals surface area contributed by atoms with Gasteiger partial charge in [0.15, 0.2) is 0 Å². The Kier molecular flexibility index (Phi) is 4.67. The summed E-state index contributed by atoms with van der Waals surface area (Å²) in [7, 11) is 0. The van der Waals surface area contributed by atoms with Crippen LogP contribution in [0.2, 0.25) is 0 Å². The Morgan fingerprint density at radius 2 is 1.69 bits per heavy atom. The van der Waals surface area contributed by atoms with Gasteiger partial charge in [0.05, 0.1) is 0 Å². The van der Waals surface area contributed by atoms with Gasteiger partial charge in [-0.3, -0.25) is 14.5 Å². The van der Waals surface area contributed by atoms with E-state index in [-0.39, 0.29) is 23.8 Å². The Bertz CT molecular complexity index is 199. The largest absolute Gasteiger partial charge is 0.280 e. The average Bonchev–Trinajstić information content (AvgIpc) is 2.01. The number of carbonyl (C=O) groups excluding carboxylic acids is 2. The maximum Gasteiger partial charge on any atom is 0.232 e. The van der Waals surface area contributed by atoms with Gasteiger partial charge in [-0.2, -0.15) is 0 Å². The maximum atomic E-state index is 11.7. The summed E-state index contributed by atoms with van der Waals surface area (Å²) in [4.78, 5) is 24.1. The van der Waals surface area contributed by atoms with Crippen LogP contribution in [0.4, 0.5) is 0 Å². The van der Waals surface area contributed by atoms with E-state index in [4.69, 9.17) is 0 Å². The number of hydrogen-bond acceptors (Lipinski definition) is 2. The molecule has 0 aliphatic heterocycles. The lowest BCUT2D eigenvalue weighted by Crippen LogP contribution is -2.43. The number of carbonyl (C=O) groups is 2. The molecule has 0 aromatic heterocycles. The monoisotopic (exact) mass is 185 g/mol. The van der Waals surface area contributed by atoms with Crippen molar-refractivity contribution in [3.63, 3.8) is 0 Å². The minimum absolute atomic E-state index is 0.0426. The van der Waals surface area contributed by atoms with Crippen molar-refractivity contribution < 1.29 is 9.59 Å². The van der Waals surface area contributed by atoms with Gasteiger partial charge in [-0.15, -0.1) is 0 Å². The summed E-state index contributed by atoms with van der Waals surface area (Å²) in [6, 6.07) is -0.0426. The van der Waals surface area contributed by atoms with Crippen molar-refractivity contribution in [3.8, 4) is 0 Å². The molecule has 76 valence electrons. The Morgan fingerprint density at radius 3 is 1.92 bits per heavy atom. The first-order valence-electron chi connectivity index (χ1n) is 4.75. The van der Waals surface area contributed by atoms with Gasteiger partial charge < -0.3 is 0 Å². The minimum Gasteiger partial charge on any atom is -0.280 e. The molecule has 2 amide bonds. The minimum atomic E-state index is -0.166. The van der Waals surface area contributed by atoms with E-state index in [2.05, 4.69) is 0 Å². The summed E-state index contributed by atoms with van der Waals surface area (Å²) in [5.74, 6) is -0.295. The molecule has 0 N–H and O–H groups in total. The van der Waals surface area contributed by atoms with Crippen molar-refractivity contribution in [2.45, 2.75) is 47.1 Å². The van der Waals surface area contributed by atoms with E-state index in [0.717, 1.165) is 6.42 Å². The highest BCUT2D eigenvalue weighted by Gasteiger charge is 2.24. The summed E-state index contributed by atoms with van der Waals surface area (Å²) in [5, 5.41) is 0. The van der Waals surface area contributed by atoms with Crippen LogP contribution in [0, 0.1) is 5.92 Å². The molecule has 0 fully saturated rings. The Labute approximate surface area is 80.1 Å². The third-order valence-electron chi connectivity index (χ3n) is 2.13. The molecule has 0 saturated carbocycles. The van der Waals surface area contributed by atoms with Gasteiger partial charge in [0.2, 0.25) is 11.8 Å². The van der Waals surface area contributed by atoms with Crippen LogP contribution in [0.1, 0.15) is 41.0 Å². The molecule has 0 aromatic rings. The smallest absolute Gasteiger partial charge is 0.232 e. The lowest BCUT2D eigenvalue weighted by Gasteiger charge is -2.25. The zero-order valence-corrected chi connectivity index (χ0v) is 9.13. The van der Waals surface area contributed by atoms with Crippen molar-refractivity contribution in [2.24, 2.45) is 5.92 Å². The molecule has 0 aliphatic carbocycles. The first-order valence-corrected chi connectivity index (χ1v) is 4.75. The molecule has 3 nitrogen and oxygen atoms in total. The van der Waals surface area contributed by atoms with Crippen molar-refractivity contribution in [2.75, 3.05) is 0 Å². The standard InChI is InChI=1S/C10H19NO2/c1-6-8(4)10(13)11(7(2)3)9(5)12/h7-8H,6H2,1-5H3. The molecule has 0 bridgehead atoms. The van der Waals surface area contributed by atoms with Crippen LogP contribution < -0.4 is 0 Å². The van der Waals surface area contributed by atoms with Crippen LogP contribution in [0.5, 0.6) is 0 Å². The van der Waals surface area contributed by atoms with Crippen molar-refractivity contribution in [1.82, 2.24) is 4.90 Å². The second-order valence-electron chi connectivity index (χ2n) is 3.63. The molecule has 1 unspecified atom stereocenters. The van der Waals surface area contributed by atoms with E-state index in [1.165, 1.54) is 11.8 Å². The van der Waals surface area contributed by atoms with E-state index in [1.54, 1.807) is 0 Å². The Balaban J connectivity index is 4.56. The maximum absolute atomic E-state index is 11.7. The lowest BCUT2D eigenvalue weighted by molar-refractivity contribution is -0.148. The molecule has 13 heavy (non-hydrogen) atoms. The van der Waals surface area contributed by atoms with Gasteiger partial charge in [0.25, 0.3) is 0 Å². The third kappa shape index (κ3) is 3.17. The van der Waals surface area contributed by atoms with Crippen LogP contribution in [0.3, 0.4) is 0 Å². The van der Waals surface area contributed by atoms with Crippen LogP contribution in [0.25, 0.3) is 0 Å². The van der Waals surface area contributed by atoms with E-state index in [0.29, 0.717) is 0 Å². The highest BCUT2D eigenvalue weighted by Crippen LogP contribution is 2.10. The number of rotatable bonds is 3. The number of amides is 2. The summed E-state index contributed by atoms with van der Waals surface area (Å²) in [6.45, 7) is 8.92. The molecule has 0 aromatic carbocycles. The SMILES string of the molecule is CCC(C)C(=O)N(C(C)=O)C(C)C. The third-order valence-corrected chi connectivity index (χ3v) is 2.13. The van der Waals surface area contributed by atoms with Crippen LogP contribution in [-0.4, -0.2) is 22.8 Å². The van der Waals surface area contributed by atoms with E-state index in [1.807, 2.05) is 27.7 Å². The summed E-state index contributed by atoms with van der Waals surface area (Å²) in [5.41, 5.74) is 0. The molecular weight excluding hydrogens is 166 g/mol. The zero-order chi connectivity index (χ0) is 10.6. The molecule has 3 heteroatoms. The van der Waals surface area contributed by atoms with Gasteiger partial charge in [-0.25, -0.2) is 0 Å². The highest BCUT2D eigenvalue weighted by molar-refractivity contribution is 5.95. The summed E-state index contributed by atoms with van der Waals surface area (Å²) in [6.07, 6.45) is 0.773. The molecule has 0 aliphatic rings. The van der Waals surface area contributed by atoms with E-state index in [9.17, 15) is 9.59 Å². The Hall–Kier alpha value is -0.860. The average molecular weight is 185 g/mol. The fourth-order valence-corrected chi connectivity index (χ4v) is 1.19. The molecule has 0 heterocycles. The lowest BCUT2D eigenvalue weighted by atomic mass is 10.1. The number of nitrogens with zero attached hydrogens (tertiary/aromatic N) is 1. The molecule has 0 rings (SSSR count). The predicted octanol–water partition coefficient (Wildman–Crippen LogP) is 1.82. The van der Waals surface area contributed by atoms with Gasteiger partial charge in [-0.1, -0.05) is 13.8 Å². The van der Waals surface area contributed by atoms with Crippen molar-refractivity contribution >= 4 is 11.8 Å². The zero-order valence-electron chi connectivity index (χ0n) is 9.13. The quantitative estimate of drug-likeness (QED) is 0.672. The van der Waals surface area contributed by atoms with E-state index < -0.39 is 0 Å². The fraction of sp³-hybridized carbons (Fsp3) is 0.800. The van der Waals surface area contributed by atoms with Gasteiger partial charge in [-0.05, 0) is 20.3 Å². The number of imide groups is 1. The summed E-state index contributed by atoms with van der Waals surface area (Å²) >= 11 is 0. The first kappa shape index (κ1) is 12.1. The van der Waals surface area contributed by atoms with Gasteiger partial charge >= 0.3 is 0 Å². The molecule has 0 spiro atoms. The second kappa shape index (κ2) is 5.00. The molecule has 0 saturated heterocycles. The normalized spacial score (nSPS) is 12.8. The van der Waals surface area contributed by atoms with Gasteiger partial charge in [0.1, 0.15) is 0 Å². The van der Waals surface area contributed by atoms with Crippen molar-refractivity contribution in [1.29, 1.82) is 0 Å². The number of hydrogen-bond donors (Lipinski definition) is 0. The van der Waals surface area contributed by atoms with Crippen molar-refractivity contribution in [3.05, 3.63) is 0 Å². The van der Waals surface area contributed by atoms with Crippen LogP contribution >= 0.6 is 0 Å². The second-order valence-corrected chi connectivity index (χ2v) is 3.63. The van der Waals surface area contributed by atoms with Crippen LogP contribution in [-0.2, 0) is 9.59 Å². The molecule has 0 radical (unpaired) electrons. The predicted molar refractivity (Wildman–Crippen MR) is 52.1 cm³/mol. The van der Waals surface area contributed by atoms with Gasteiger partial charge in [0, 0.05) is 18.9 Å². The highest BCUT2D eigenvalue weighted by atomic mass is 16.2.